The molecule has 28 heavy (non-hydrogen) atoms. The fourth-order valence-electron chi connectivity index (χ4n) is 2.47. The van der Waals surface area contributed by atoms with E-state index >= 15 is 0 Å². The van der Waals surface area contributed by atoms with Crippen molar-refractivity contribution in [2.45, 2.75) is 24.8 Å². The third-order valence-electron chi connectivity index (χ3n) is 3.88. The third-order valence-corrected chi connectivity index (χ3v) is 5.48. The molecule has 0 saturated carbocycles. The van der Waals surface area contributed by atoms with Crippen LogP contribution in [0.4, 0.5) is 0 Å². The molecule has 0 saturated heterocycles. The van der Waals surface area contributed by atoms with E-state index in [0.29, 0.717) is 18.7 Å². The smallest absolute Gasteiger partial charge is 0.251 e. The number of carbonyl (C=O) groups is 1. The van der Waals surface area contributed by atoms with Gasteiger partial charge in [-0.15, -0.1) is 0 Å². The van der Waals surface area contributed by atoms with Crippen molar-refractivity contribution >= 4 is 15.9 Å². The first-order valence-corrected chi connectivity index (χ1v) is 10.4. The SMILES string of the molecule is COC[C@@H](C)NS(=O)(=O)c1ccc(C(=O)NCCOc2ccc(C)cc2)cc1. The van der Waals surface area contributed by atoms with Crippen molar-refractivity contribution in [2.24, 2.45) is 0 Å². The number of benzene rings is 2. The summed E-state index contributed by atoms with van der Waals surface area (Å²) < 4.78 is 37.6. The number of carbonyl (C=O) groups excluding carboxylic acids is 1. The summed E-state index contributed by atoms with van der Waals surface area (Å²) in [4.78, 5) is 12.3. The fourth-order valence-corrected chi connectivity index (χ4v) is 3.70. The van der Waals surface area contributed by atoms with Gasteiger partial charge in [-0.25, -0.2) is 13.1 Å². The van der Waals surface area contributed by atoms with E-state index in [2.05, 4.69) is 10.0 Å². The summed E-state index contributed by atoms with van der Waals surface area (Å²) in [6, 6.07) is 13.1. The van der Waals surface area contributed by atoms with Crippen LogP contribution in [0.2, 0.25) is 0 Å². The molecule has 0 bridgehead atoms. The lowest BCUT2D eigenvalue weighted by Gasteiger charge is -2.13. The van der Waals surface area contributed by atoms with Crippen LogP contribution in [0, 0.1) is 6.92 Å². The van der Waals surface area contributed by atoms with E-state index in [4.69, 9.17) is 9.47 Å². The molecule has 2 aromatic rings. The minimum atomic E-state index is -3.66. The van der Waals surface area contributed by atoms with Gasteiger partial charge < -0.3 is 14.8 Å². The second kappa shape index (κ2) is 10.2. The molecule has 0 fully saturated rings. The minimum absolute atomic E-state index is 0.0923. The molecule has 0 aliphatic carbocycles. The summed E-state index contributed by atoms with van der Waals surface area (Å²) in [5.41, 5.74) is 1.52. The summed E-state index contributed by atoms with van der Waals surface area (Å²) >= 11 is 0. The maximum atomic E-state index is 12.3. The van der Waals surface area contributed by atoms with Crippen molar-refractivity contribution < 1.29 is 22.7 Å². The Morgan fingerprint density at radius 2 is 1.71 bits per heavy atom. The normalized spacial score (nSPS) is 12.4. The number of sulfonamides is 1. The third kappa shape index (κ3) is 6.63. The Morgan fingerprint density at radius 3 is 2.32 bits per heavy atom. The second-order valence-corrected chi connectivity index (χ2v) is 8.13. The topological polar surface area (TPSA) is 93.7 Å². The Bertz CT molecular complexity index is 864. The molecule has 0 aliphatic heterocycles. The van der Waals surface area contributed by atoms with Gasteiger partial charge in [-0.3, -0.25) is 4.79 Å². The van der Waals surface area contributed by atoms with Gasteiger partial charge in [-0.1, -0.05) is 17.7 Å². The molecular weight excluding hydrogens is 380 g/mol. The van der Waals surface area contributed by atoms with Gasteiger partial charge in [0.25, 0.3) is 5.91 Å². The molecule has 2 aromatic carbocycles. The zero-order valence-corrected chi connectivity index (χ0v) is 17.1. The van der Waals surface area contributed by atoms with Crippen LogP contribution in [0.15, 0.2) is 53.4 Å². The Kier molecular flexibility index (Phi) is 7.98. The van der Waals surface area contributed by atoms with Gasteiger partial charge in [-0.05, 0) is 50.2 Å². The molecule has 0 aliphatic rings. The van der Waals surface area contributed by atoms with Gasteiger partial charge in [0, 0.05) is 18.7 Å². The highest BCUT2D eigenvalue weighted by molar-refractivity contribution is 7.89. The molecular formula is C20H26N2O5S. The second-order valence-electron chi connectivity index (χ2n) is 6.42. The molecule has 0 unspecified atom stereocenters. The van der Waals surface area contributed by atoms with Gasteiger partial charge in [0.05, 0.1) is 18.0 Å². The van der Waals surface area contributed by atoms with Crippen LogP contribution < -0.4 is 14.8 Å². The Balaban J connectivity index is 1.84. The van der Waals surface area contributed by atoms with E-state index < -0.39 is 10.0 Å². The lowest BCUT2D eigenvalue weighted by molar-refractivity contribution is 0.0947. The van der Waals surface area contributed by atoms with E-state index in [1.807, 2.05) is 31.2 Å². The molecule has 1 amide bonds. The summed E-state index contributed by atoms with van der Waals surface area (Å²) in [6.45, 7) is 4.65. The van der Waals surface area contributed by atoms with E-state index in [9.17, 15) is 13.2 Å². The van der Waals surface area contributed by atoms with Crippen molar-refractivity contribution in [2.75, 3.05) is 26.9 Å². The number of nitrogens with one attached hydrogen (secondary N) is 2. The van der Waals surface area contributed by atoms with E-state index in [0.717, 1.165) is 11.3 Å². The van der Waals surface area contributed by atoms with Gasteiger partial charge in [0.1, 0.15) is 12.4 Å². The Hall–Kier alpha value is -2.42. The molecule has 2 N–H and O–H groups in total. The van der Waals surface area contributed by atoms with E-state index in [1.165, 1.54) is 31.4 Å². The summed E-state index contributed by atoms with van der Waals surface area (Å²) in [7, 11) is -2.16. The van der Waals surface area contributed by atoms with Crippen molar-refractivity contribution in [3.63, 3.8) is 0 Å². The maximum Gasteiger partial charge on any atom is 0.251 e. The molecule has 0 radical (unpaired) electrons. The van der Waals surface area contributed by atoms with Gasteiger partial charge in [0.2, 0.25) is 10.0 Å². The quantitative estimate of drug-likeness (QED) is 0.590. The van der Waals surface area contributed by atoms with Crippen LogP contribution in [0.3, 0.4) is 0 Å². The zero-order valence-electron chi connectivity index (χ0n) is 16.3. The molecule has 2 rings (SSSR count). The number of amides is 1. The maximum absolute atomic E-state index is 12.3. The van der Waals surface area contributed by atoms with E-state index in [-0.39, 0.29) is 23.5 Å². The first-order valence-electron chi connectivity index (χ1n) is 8.91. The van der Waals surface area contributed by atoms with Crippen LogP contribution in [0.1, 0.15) is 22.8 Å². The molecule has 152 valence electrons. The highest BCUT2D eigenvalue weighted by Gasteiger charge is 2.17. The number of hydrogen-bond donors (Lipinski definition) is 2. The first-order chi connectivity index (χ1) is 13.3. The largest absolute Gasteiger partial charge is 0.492 e. The highest BCUT2D eigenvalue weighted by Crippen LogP contribution is 2.12. The minimum Gasteiger partial charge on any atom is -0.492 e. The van der Waals surface area contributed by atoms with Crippen LogP contribution in [0.25, 0.3) is 0 Å². The van der Waals surface area contributed by atoms with Crippen molar-refractivity contribution in [3.8, 4) is 5.75 Å². The lowest BCUT2D eigenvalue weighted by atomic mass is 10.2. The van der Waals surface area contributed by atoms with Crippen molar-refractivity contribution in [1.29, 1.82) is 0 Å². The standard InChI is InChI=1S/C20H26N2O5S/c1-15-4-8-18(9-5-15)27-13-12-21-20(23)17-6-10-19(11-7-17)28(24,25)22-16(2)14-26-3/h4-11,16,22H,12-14H2,1-3H3,(H,21,23)/t16-/m1/s1. The first kappa shape index (κ1) is 21.9. The van der Waals surface area contributed by atoms with Crippen molar-refractivity contribution in [3.05, 3.63) is 59.7 Å². The number of hydrogen-bond acceptors (Lipinski definition) is 5. The molecule has 1 atom stereocenters. The monoisotopic (exact) mass is 406 g/mol. The number of aryl methyl sites for hydroxylation is 1. The molecule has 0 aromatic heterocycles. The number of ether oxygens (including phenoxy) is 2. The molecule has 0 heterocycles. The van der Waals surface area contributed by atoms with Crippen LogP contribution in [0.5, 0.6) is 5.75 Å². The summed E-state index contributed by atoms with van der Waals surface area (Å²) in [5.74, 6) is 0.446. The van der Waals surface area contributed by atoms with Crippen LogP contribution in [-0.4, -0.2) is 47.2 Å². The van der Waals surface area contributed by atoms with Crippen LogP contribution >= 0.6 is 0 Å². The average Bonchev–Trinajstić information content (AvgIpc) is 2.66. The van der Waals surface area contributed by atoms with E-state index in [1.54, 1.807) is 6.92 Å². The van der Waals surface area contributed by atoms with Gasteiger partial charge in [-0.2, -0.15) is 0 Å². The van der Waals surface area contributed by atoms with Gasteiger partial charge >= 0.3 is 0 Å². The predicted molar refractivity (Wildman–Crippen MR) is 107 cm³/mol. The molecule has 0 spiro atoms. The number of rotatable bonds is 10. The molecule has 7 nitrogen and oxygen atoms in total. The highest BCUT2D eigenvalue weighted by atomic mass is 32.2. The lowest BCUT2D eigenvalue weighted by Crippen LogP contribution is -2.35. The predicted octanol–water partition coefficient (Wildman–Crippen LogP) is 2.12. The Labute approximate surface area is 166 Å². The molecule has 8 heteroatoms. The summed E-state index contributed by atoms with van der Waals surface area (Å²) in [5, 5.41) is 2.74. The number of methoxy groups -OCH3 is 1. The summed E-state index contributed by atoms with van der Waals surface area (Å²) in [6.07, 6.45) is 0. The average molecular weight is 407 g/mol. The Morgan fingerprint density at radius 1 is 1.07 bits per heavy atom. The zero-order chi connectivity index (χ0) is 20.6. The van der Waals surface area contributed by atoms with Crippen molar-refractivity contribution in [1.82, 2.24) is 10.0 Å². The van der Waals surface area contributed by atoms with Gasteiger partial charge in [0.15, 0.2) is 0 Å². The van der Waals surface area contributed by atoms with Crippen LogP contribution in [-0.2, 0) is 14.8 Å². The fraction of sp³-hybridized carbons (Fsp3) is 0.350.